The van der Waals surface area contributed by atoms with E-state index in [0.717, 1.165) is 15.4 Å². The van der Waals surface area contributed by atoms with E-state index in [2.05, 4.69) is 5.32 Å². The van der Waals surface area contributed by atoms with Crippen molar-refractivity contribution in [1.29, 1.82) is 0 Å². The lowest BCUT2D eigenvalue weighted by Gasteiger charge is -2.33. The van der Waals surface area contributed by atoms with Crippen LogP contribution in [0.3, 0.4) is 0 Å². The van der Waals surface area contributed by atoms with Crippen LogP contribution < -0.4 is 23.8 Å². The summed E-state index contributed by atoms with van der Waals surface area (Å²) in [6.07, 6.45) is 0.326. The number of carbonyl (C=O) groups is 2. The number of rotatable bonds is 15. The molecule has 238 valence electrons. The number of hydrogen-bond acceptors (Lipinski definition) is 7. The number of nitrogens with zero attached hydrogens (tertiary/aromatic N) is 2. The zero-order valence-electron chi connectivity index (χ0n) is 26.5. The fourth-order valence-electron chi connectivity index (χ4n) is 4.65. The first kappa shape index (κ1) is 34.2. The van der Waals surface area contributed by atoms with Crippen LogP contribution in [0, 0.1) is 12.8 Å². The number of benzene rings is 3. The number of ether oxygens (including phenoxy) is 3. The molecule has 0 spiro atoms. The lowest BCUT2D eigenvalue weighted by Crippen LogP contribution is -2.52. The van der Waals surface area contributed by atoms with E-state index in [0.29, 0.717) is 30.2 Å². The molecule has 0 aromatic heterocycles. The van der Waals surface area contributed by atoms with E-state index in [1.54, 1.807) is 49.6 Å². The average Bonchev–Trinajstić information content (AvgIpc) is 3.02. The number of nitrogens with one attached hydrogen (secondary N) is 1. The Hall–Kier alpha value is -4.25. The number of hydrogen-bond donors (Lipinski definition) is 1. The molecule has 0 aliphatic rings. The fraction of sp³-hybridized carbons (Fsp3) is 0.394. The molecule has 44 heavy (non-hydrogen) atoms. The van der Waals surface area contributed by atoms with Crippen LogP contribution in [-0.4, -0.2) is 65.6 Å². The molecular formula is C33H43N3O7S. The summed E-state index contributed by atoms with van der Waals surface area (Å²) in [5, 5.41) is 2.93. The Morgan fingerprint density at radius 3 is 2.16 bits per heavy atom. The summed E-state index contributed by atoms with van der Waals surface area (Å²) in [5.41, 5.74) is 1.96. The third-order valence-corrected chi connectivity index (χ3v) is 8.87. The van der Waals surface area contributed by atoms with Gasteiger partial charge in [0.1, 0.15) is 18.3 Å². The smallest absolute Gasteiger partial charge is 0.264 e. The van der Waals surface area contributed by atoms with Gasteiger partial charge in [-0.1, -0.05) is 50.6 Å². The first-order valence-electron chi connectivity index (χ1n) is 14.5. The minimum atomic E-state index is -4.28. The number of aryl methyl sites for hydroxylation is 1. The van der Waals surface area contributed by atoms with Crippen molar-refractivity contribution in [3.8, 4) is 17.2 Å². The van der Waals surface area contributed by atoms with Gasteiger partial charge >= 0.3 is 0 Å². The molecular weight excluding hydrogens is 582 g/mol. The van der Waals surface area contributed by atoms with Crippen molar-refractivity contribution in [2.75, 3.05) is 38.7 Å². The molecule has 0 bridgehead atoms. The zero-order valence-corrected chi connectivity index (χ0v) is 27.3. The van der Waals surface area contributed by atoms with Crippen molar-refractivity contribution in [3.63, 3.8) is 0 Å². The molecule has 0 saturated heterocycles. The first-order chi connectivity index (χ1) is 20.9. The normalized spacial score (nSPS) is 11.9. The van der Waals surface area contributed by atoms with E-state index in [1.807, 2.05) is 33.8 Å². The van der Waals surface area contributed by atoms with Crippen LogP contribution >= 0.6 is 0 Å². The summed E-state index contributed by atoms with van der Waals surface area (Å²) in [6, 6.07) is 17.5. The van der Waals surface area contributed by atoms with Gasteiger partial charge < -0.3 is 24.4 Å². The molecule has 3 rings (SSSR count). The van der Waals surface area contributed by atoms with Gasteiger partial charge in [-0.05, 0) is 61.2 Å². The van der Waals surface area contributed by atoms with E-state index in [1.165, 1.54) is 37.3 Å². The largest absolute Gasteiger partial charge is 0.497 e. The van der Waals surface area contributed by atoms with Gasteiger partial charge in [0, 0.05) is 19.2 Å². The lowest BCUT2D eigenvalue weighted by molar-refractivity contribution is -0.140. The van der Waals surface area contributed by atoms with Crippen molar-refractivity contribution in [2.24, 2.45) is 5.92 Å². The van der Waals surface area contributed by atoms with E-state index in [4.69, 9.17) is 14.2 Å². The summed E-state index contributed by atoms with van der Waals surface area (Å²) in [5.74, 6) is 0.571. The van der Waals surface area contributed by atoms with Gasteiger partial charge in [-0.25, -0.2) is 8.42 Å². The van der Waals surface area contributed by atoms with Crippen molar-refractivity contribution in [3.05, 3.63) is 77.9 Å². The Balaban J connectivity index is 2.09. The monoisotopic (exact) mass is 625 g/mol. The summed E-state index contributed by atoms with van der Waals surface area (Å²) >= 11 is 0. The molecule has 3 aromatic rings. The predicted octanol–water partition coefficient (Wildman–Crippen LogP) is 4.80. The lowest BCUT2D eigenvalue weighted by atomic mass is 10.1. The number of anilines is 1. The van der Waals surface area contributed by atoms with Crippen molar-refractivity contribution >= 4 is 27.5 Å². The van der Waals surface area contributed by atoms with E-state index < -0.39 is 28.5 Å². The predicted molar refractivity (Wildman–Crippen MR) is 171 cm³/mol. The van der Waals surface area contributed by atoms with Gasteiger partial charge in [0.15, 0.2) is 11.5 Å². The van der Waals surface area contributed by atoms with Crippen LogP contribution in [0.25, 0.3) is 0 Å². The van der Waals surface area contributed by atoms with Crippen molar-refractivity contribution in [2.45, 2.75) is 51.6 Å². The van der Waals surface area contributed by atoms with E-state index in [-0.39, 0.29) is 29.0 Å². The number of sulfonamides is 1. The Morgan fingerprint density at radius 1 is 0.886 bits per heavy atom. The maximum absolute atomic E-state index is 14.3. The number of methoxy groups -OCH3 is 3. The van der Waals surface area contributed by atoms with Gasteiger partial charge in [0.2, 0.25) is 11.8 Å². The van der Waals surface area contributed by atoms with Crippen LogP contribution in [0.2, 0.25) is 0 Å². The van der Waals surface area contributed by atoms with Crippen LogP contribution in [0.1, 0.15) is 38.3 Å². The first-order valence-corrected chi connectivity index (χ1v) is 15.9. The van der Waals surface area contributed by atoms with Crippen LogP contribution in [0.5, 0.6) is 17.2 Å². The Bertz CT molecular complexity index is 1520. The molecule has 2 amide bonds. The third kappa shape index (κ3) is 8.43. The van der Waals surface area contributed by atoms with Gasteiger partial charge in [0.25, 0.3) is 10.0 Å². The summed E-state index contributed by atoms with van der Waals surface area (Å²) in [7, 11) is 0.147. The highest BCUT2D eigenvalue weighted by Gasteiger charge is 2.34. The quantitative estimate of drug-likeness (QED) is 0.258. The highest BCUT2D eigenvalue weighted by molar-refractivity contribution is 7.92. The second-order valence-corrected chi connectivity index (χ2v) is 12.7. The fourth-order valence-corrected chi connectivity index (χ4v) is 6.08. The SMILES string of the molecule is CCC(C(=O)NCC(C)C)N(Cc1cccc(OC)c1)C(=O)CN(c1ccc(C)cc1)S(=O)(=O)c1ccc(OC)c(OC)c1. The zero-order chi connectivity index (χ0) is 32.4. The molecule has 0 aliphatic heterocycles. The number of amides is 2. The second kappa shape index (κ2) is 15.5. The maximum atomic E-state index is 14.3. The highest BCUT2D eigenvalue weighted by Crippen LogP contribution is 2.32. The number of carbonyl (C=O) groups excluding carboxylic acids is 2. The summed E-state index contributed by atoms with van der Waals surface area (Å²) < 4.78 is 45.5. The molecule has 3 aromatic carbocycles. The maximum Gasteiger partial charge on any atom is 0.264 e. The minimum absolute atomic E-state index is 0.0712. The molecule has 0 fully saturated rings. The Labute approximate surface area is 261 Å². The summed E-state index contributed by atoms with van der Waals surface area (Å²) in [6.45, 7) is 7.65. The molecule has 1 N–H and O–H groups in total. The van der Waals surface area contributed by atoms with Crippen LogP contribution in [0.15, 0.2) is 71.6 Å². The minimum Gasteiger partial charge on any atom is -0.497 e. The Morgan fingerprint density at radius 2 is 1.57 bits per heavy atom. The van der Waals surface area contributed by atoms with E-state index >= 15 is 0 Å². The highest BCUT2D eigenvalue weighted by atomic mass is 32.2. The molecule has 0 saturated carbocycles. The molecule has 11 heteroatoms. The van der Waals surface area contributed by atoms with Crippen molar-refractivity contribution in [1.82, 2.24) is 10.2 Å². The second-order valence-electron chi connectivity index (χ2n) is 10.8. The molecule has 0 heterocycles. The average molecular weight is 626 g/mol. The molecule has 0 radical (unpaired) electrons. The molecule has 10 nitrogen and oxygen atoms in total. The van der Waals surface area contributed by atoms with Crippen LogP contribution in [-0.2, 0) is 26.2 Å². The van der Waals surface area contributed by atoms with Gasteiger partial charge in [-0.15, -0.1) is 0 Å². The third-order valence-electron chi connectivity index (χ3n) is 7.10. The summed E-state index contributed by atoms with van der Waals surface area (Å²) in [4.78, 5) is 29.0. The van der Waals surface area contributed by atoms with Gasteiger partial charge in [-0.3, -0.25) is 13.9 Å². The van der Waals surface area contributed by atoms with Gasteiger partial charge in [0.05, 0.1) is 31.9 Å². The molecule has 0 aliphatic carbocycles. The molecule has 1 unspecified atom stereocenters. The van der Waals surface area contributed by atoms with Gasteiger partial charge in [-0.2, -0.15) is 0 Å². The standard InChI is InChI=1S/C33H43N3O7S/c1-8-29(33(38)34-20-23(2)3)35(21-25-10-9-11-27(18-25)41-5)32(37)22-36(26-14-12-24(4)13-15-26)44(39,40)28-16-17-30(42-6)31(19-28)43-7/h9-19,23,29H,8,20-22H2,1-7H3,(H,34,38). The van der Waals surface area contributed by atoms with E-state index in [9.17, 15) is 18.0 Å². The van der Waals surface area contributed by atoms with Crippen molar-refractivity contribution < 1.29 is 32.2 Å². The topological polar surface area (TPSA) is 114 Å². The van der Waals surface area contributed by atoms with Crippen LogP contribution in [0.4, 0.5) is 5.69 Å². The Kier molecular flexibility index (Phi) is 12.0. The molecule has 1 atom stereocenters.